The molecule has 0 amide bonds. The number of carbonyl (C=O) groups excluding carboxylic acids is 1. The van der Waals surface area contributed by atoms with E-state index in [1.165, 1.54) is 6.42 Å². The molecule has 1 aliphatic rings. The number of rotatable bonds is 5. The number of carbonyl (C=O) groups is 1. The molecule has 0 spiro atoms. The minimum Gasteiger partial charge on any atom is -0.493 e. The topological polar surface area (TPSA) is 26.3 Å². The minimum absolute atomic E-state index is 0.145. The number of aryl methyl sites for hydroxylation is 1. The molecule has 1 aromatic carbocycles. The maximum Gasteiger partial charge on any atom is 0.169 e. The van der Waals surface area contributed by atoms with Gasteiger partial charge in [-0.1, -0.05) is 37.8 Å². The minimum atomic E-state index is 0.145. The molecule has 0 bridgehead atoms. The van der Waals surface area contributed by atoms with Crippen molar-refractivity contribution in [2.75, 3.05) is 6.61 Å². The van der Waals surface area contributed by atoms with Crippen LogP contribution in [-0.4, -0.2) is 12.4 Å². The second-order valence-corrected chi connectivity index (χ2v) is 6.05. The molecule has 20 heavy (non-hydrogen) atoms. The molecule has 1 aromatic rings. The van der Waals surface area contributed by atoms with Crippen LogP contribution >= 0.6 is 11.6 Å². The average molecular weight is 295 g/mol. The van der Waals surface area contributed by atoms with E-state index >= 15 is 0 Å². The van der Waals surface area contributed by atoms with E-state index in [-0.39, 0.29) is 11.7 Å². The van der Waals surface area contributed by atoms with E-state index in [2.05, 4.69) is 6.92 Å². The number of ether oxygens (including phenoxy) is 1. The Labute approximate surface area is 126 Å². The van der Waals surface area contributed by atoms with Gasteiger partial charge < -0.3 is 4.74 Å². The zero-order valence-electron chi connectivity index (χ0n) is 12.4. The number of ketones is 1. The SMILES string of the molecule is CCCOc1cc(C)c(Cl)cc1C(=O)C1CCCCC1. The summed E-state index contributed by atoms with van der Waals surface area (Å²) >= 11 is 6.20. The van der Waals surface area contributed by atoms with Crippen LogP contribution in [0.3, 0.4) is 0 Å². The van der Waals surface area contributed by atoms with Gasteiger partial charge in [0, 0.05) is 10.9 Å². The van der Waals surface area contributed by atoms with Crippen LogP contribution in [0.1, 0.15) is 61.4 Å². The Hall–Kier alpha value is -1.02. The maximum atomic E-state index is 12.7. The summed E-state index contributed by atoms with van der Waals surface area (Å²) < 4.78 is 5.75. The van der Waals surface area contributed by atoms with Crippen LogP contribution in [0.5, 0.6) is 5.75 Å². The van der Waals surface area contributed by atoms with Gasteiger partial charge in [0.25, 0.3) is 0 Å². The van der Waals surface area contributed by atoms with E-state index in [0.29, 0.717) is 22.9 Å². The van der Waals surface area contributed by atoms with Crippen molar-refractivity contribution >= 4 is 17.4 Å². The van der Waals surface area contributed by atoms with Gasteiger partial charge in [-0.3, -0.25) is 4.79 Å². The smallest absolute Gasteiger partial charge is 0.169 e. The van der Waals surface area contributed by atoms with E-state index in [0.717, 1.165) is 37.7 Å². The van der Waals surface area contributed by atoms with E-state index in [4.69, 9.17) is 16.3 Å². The standard InChI is InChI=1S/C17H23ClO2/c1-3-9-20-16-10-12(2)15(18)11-14(16)17(19)13-7-5-4-6-8-13/h10-11,13H,3-9H2,1-2H3. The van der Waals surface area contributed by atoms with Gasteiger partial charge in [-0.2, -0.15) is 0 Å². The molecule has 3 heteroatoms. The lowest BCUT2D eigenvalue weighted by Crippen LogP contribution is -2.19. The van der Waals surface area contributed by atoms with Crippen molar-refractivity contribution in [2.24, 2.45) is 5.92 Å². The fourth-order valence-electron chi connectivity index (χ4n) is 2.76. The lowest BCUT2D eigenvalue weighted by atomic mass is 9.83. The van der Waals surface area contributed by atoms with Gasteiger partial charge in [0.2, 0.25) is 0 Å². The highest BCUT2D eigenvalue weighted by Crippen LogP contribution is 2.33. The Morgan fingerprint density at radius 2 is 2.00 bits per heavy atom. The van der Waals surface area contributed by atoms with Gasteiger partial charge in [0.1, 0.15) is 5.75 Å². The van der Waals surface area contributed by atoms with Crippen molar-refractivity contribution in [3.8, 4) is 5.75 Å². The van der Waals surface area contributed by atoms with Gasteiger partial charge in [0.05, 0.1) is 12.2 Å². The Balaban J connectivity index is 2.27. The first kappa shape index (κ1) is 15.4. The first-order chi connectivity index (χ1) is 9.63. The lowest BCUT2D eigenvalue weighted by Gasteiger charge is -2.22. The van der Waals surface area contributed by atoms with Crippen molar-refractivity contribution in [1.29, 1.82) is 0 Å². The molecule has 2 rings (SSSR count). The maximum absolute atomic E-state index is 12.7. The molecule has 0 heterocycles. The van der Waals surface area contributed by atoms with Gasteiger partial charge >= 0.3 is 0 Å². The summed E-state index contributed by atoms with van der Waals surface area (Å²) in [7, 11) is 0. The number of benzene rings is 1. The number of hydrogen-bond donors (Lipinski definition) is 0. The molecule has 1 fully saturated rings. The molecule has 0 atom stereocenters. The van der Waals surface area contributed by atoms with Crippen LogP contribution in [-0.2, 0) is 0 Å². The summed E-state index contributed by atoms with van der Waals surface area (Å²) in [5.74, 6) is 1.05. The summed E-state index contributed by atoms with van der Waals surface area (Å²) in [5.41, 5.74) is 1.62. The summed E-state index contributed by atoms with van der Waals surface area (Å²) in [6, 6.07) is 3.69. The van der Waals surface area contributed by atoms with Crippen LogP contribution in [0.25, 0.3) is 0 Å². The Morgan fingerprint density at radius 1 is 1.30 bits per heavy atom. The van der Waals surface area contributed by atoms with Gasteiger partial charge in [-0.05, 0) is 43.9 Å². The third-order valence-corrected chi connectivity index (χ3v) is 4.37. The Kier molecular flexibility index (Phi) is 5.47. The molecule has 0 saturated heterocycles. The summed E-state index contributed by atoms with van der Waals surface area (Å²) in [4.78, 5) is 12.7. The molecular formula is C17H23ClO2. The first-order valence-corrected chi connectivity index (χ1v) is 7.98. The predicted molar refractivity (Wildman–Crippen MR) is 82.9 cm³/mol. The van der Waals surface area contributed by atoms with Crippen LogP contribution in [0.2, 0.25) is 5.02 Å². The molecule has 0 aliphatic heterocycles. The molecular weight excluding hydrogens is 272 g/mol. The predicted octanol–water partition coefficient (Wildman–Crippen LogP) is 5.20. The number of Topliss-reactive ketones (excluding diaryl/α,β-unsaturated/α-hetero) is 1. The van der Waals surface area contributed by atoms with Crippen LogP contribution in [0, 0.1) is 12.8 Å². The quantitative estimate of drug-likeness (QED) is 0.698. The van der Waals surface area contributed by atoms with Crippen molar-refractivity contribution in [3.05, 3.63) is 28.3 Å². The molecule has 110 valence electrons. The highest BCUT2D eigenvalue weighted by molar-refractivity contribution is 6.31. The van der Waals surface area contributed by atoms with E-state index < -0.39 is 0 Å². The molecule has 1 aliphatic carbocycles. The molecule has 1 saturated carbocycles. The van der Waals surface area contributed by atoms with Crippen molar-refractivity contribution in [3.63, 3.8) is 0 Å². The second kappa shape index (κ2) is 7.12. The number of halogens is 1. The lowest BCUT2D eigenvalue weighted by molar-refractivity contribution is 0.0885. The van der Waals surface area contributed by atoms with Gasteiger partial charge in [-0.15, -0.1) is 0 Å². The van der Waals surface area contributed by atoms with Crippen molar-refractivity contribution < 1.29 is 9.53 Å². The summed E-state index contributed by atoms with van der Waals surface area (Å²) in [6.07, 6.45) is 6.48. The molecule has 0 aromatic heterocycles. The molecule has 2 nitrogen and oxygen atoms in total. The van der Waals surface area contributed by atoms with E-state index in [1.54, 1.807) is 6.07 Å². The van der Waals surface area contributed by atoms with E-state index in [1.807, 2.05) is 13.0 Å². The molecule has 0 N–H and O–H groups in total. The van der Waals surface area contributed by atoms with E-state index in [9.17, 15) is 4.79 Å². The highest BCUT2D eigenvalue weighted by Gasteiger charge is 2.25. The Morgan fingerprint density at radius 3 is 2.65 bits per heavy atom. The first-order valence-electron chi connectivity index (χ1n) is 7.60. The highest BCUT2D eigenvalue weighted by atomic mass is 35.5. The second-order valence-electron chi connectivity index (χ2n) is 5.65. The average Bonchev–Trinajstić information content (AvgIpc) is 2.48. The van der Waals surface area contributed by atoms with Crippen LogP contribution < -0.4 is 4.74 Å². The largest absolute Gasteiger partial charge is 0.493 e. The number of hydrogen-bond acceptors (Lipinski definition) is 2. The third kappa shape index (κ3) is 3.54. The van der Waals surface area contributed by atoms with Crippen molar-refractivity contribution in [1.82, 2.24) is 0 Å². The fourth-order valence-corrected chi connectivity index (χ4v) is 2.93. The zero-order chi connectivity index (χ0) is 14.5. The van der Waals surface area contributed by atoms with Gasteiger partial charge in [0.15, 0.2) is 5.78 Å². The normalized spacial score (nSPS) is 16.1. The van der Waals surface area contributed by atoms with Crippen LogP contribution in [0.4, 0.5) is 0 Å². The summed E-state index contributed by atoms with van der Waals surface area (Å²) in [5, 5.41) is 0.646. The Bertz CT molecular complexity index is 476. The van der Waals surface area contributed by atoms with Crippen molar-refractivity contribution in [2.45, 2.75) is 52.4 Å². The van der Waals surface area contributed by atoms with Crippen LogP contribution in [0.15, 0.2) is 12.1 Å². The monoisotopic (exact) mass is 294 g/mol. The molecule has 0 unspecified atom stereocenters. The summed E-state index contributed by atoms with van der Waals surface area (Å²) in [6.45, 7) is 4.63. The third-order valence-electron chi connectivity index (χ3n) is 3.96. The molecule has 0 radical (unpaired) electrons. The zero-order valence-corrected chi connectivity index (χ0v) is 13.1. The van der Waals surface area contributed by atoms with Gasteiger partial charge in [-0.25, -0.2) is 0 Å². The fraction of sp³-hybridized carbons (Fsp3) is 0.588.